The first kappa shape index (κ1) is 30.9. The van der Waals surface area contributed by atoms with Crippen molar-refractivity contribution in [3.05, 3.63) is 118 Å². The van der Waals surface area contributed by atoms with E-state index in [-0.39, 0.29) is 11.8 Å². The van der Waals surface area contributed by atoms with Crippen molar-refractivity contribution in [1.82, 2.24) is 0 Å². The number of methoxy groups -OCH3 is 1. The SMILES string of the molecule is CCN(CC)c1ccc(C2CC(c3ccc(/C=C(/C#N)C(=O)O)o3)=NN2c2ccc(-c3cc4ccc(OC)cc4oc3=O)cc2)cc1. The van der Waals surface area contributed by atoms with Crippen LogP contribution in [0, 0.1) is 11.3 Å². The van der Waals surface area contributed by atoms with Gasteiger partial charge in [0.15, 0.2) is 5.76 Å². The van der Waals surface area contributed by atoms with Crippen LogP contribution in [0.15, 0.2) is 109 Å². The van der Waals surface area contributed by atoms with Gasteiger partial charge in [0.2, 0.25) is 0 Å². The third kappa shape index (κ3) is 6.24. The fraction of sp³-hybridized carbons (Fsp3) is 0.189. The first-order valence-corrected chi connectivity index (χ1v) is 15.2. The van der Waals surface area contributed by atoms with E-state index in [0.717, 1.165) is 35.4 Å². The molecule has 3 heterocycles. The number of ether oxygens (including phenoxy) is 1. The second kappa shape index (κ2) is 13.1. The number of carboxylic acid groups (broad SMARTS) is 1. The lowest BCUT2D eigenvalue weighted by atomic mass is 9.99. The summed E-state index contributed by atoms with van der Waals surface area (Å²) in [5, 5.41) is 26.1. The first-order chi connectivity index (χ1) is 22.8. The summed E-state index contributed by atoms with van der Waals surface area (Å²) < 4.78 is 16.8. The number of carboxylic acids is 1. The van der Waals surface area contributed by atoms with E-state index in [2.05, 4.69) is 43.0 Å². The molecule has 0 saturated carbocycles. The van der Waals surface area contributed by atoms with E-state index in [1.54, 1.807) is 31.4 Å². The average molecular weight is 629 g/mol. The minimum Gasteiger partial charge on any atom is -0.497 e. The van der Waals surface area contributed by atoms with Crippen LogP contribution in [0.2, 0.25) is 0 Å². The average Bonchev–Trinajstić information content (AvgIpc) is 3.75. The van der Waals surface area contributed by atoms with Crippen LogP contribution in [-0.2, 0) is 4.79 Å². The number of benzene rings is 3. The molecule has 6 rings (SSSR count). The normalized spacial score (nSPS) is 14.6. The maximum absolute atomic E-state index is 12.9. The van der Waals surface area contributed by atoms with Gasteiger partial charge in [-0.15, -0.1) is 0 Å². The summed E-state index contributed by atoms with van der Waals surface area (Å²) in [6.45, 7) is 6.06. The van der Waals surface area contributed by atoms with E-state index >= 15 is 0 Å². The highest BCUT2D eigenvalue weighted by atomic mass is 16.5. The lowest BCUT2D eigenvalue weighted by Gasteiger charge is -2.26. The van der Waals surface area contributed by atoms with Crippen molar-refractivity contribution in [2.24, 2.45) is 5.10 Å². The van der Waals surface area contributed by atoms with Crippen molar-refractivity contribution >= 4 is 40.1 Å². The van der Waals surface area contributed by atoms with Crippen LogP contribution in [0.4, 0.5) is 11.4 Å². The number of hydrogen-bond acceptors (Lipinski definition) is 9. The summed E-state index contributed by atoms with van der Waals surface area (Å²) in [7, 11) is 1.56. The fourth-order valence-corrected chi connectivity index (χ4v) is 5.74. The van der Waals surface area contributed by atoms with Crippen molar-refractivity contribution in [2.45, 2.75) is 26.3 Å². The van der Waals surface area contributed by atoms with Gasteiger partial charge in [0.1, 0.15) is 34.4 Å². The van der Waals surface area contributed by atoms with Gasteiger partial charge in [-0.2, -0.15) is 10.4 Å². The largest absolute Gasteiger partial charge is 0.497 e. The lowest BCUT2D eigenvalue weighted by molar-refractivity contribution is -0.132. The van der Waals surface area contributed by atoms with Gasteiger partial charge in [0, 0.05) is 42.7 Å². The molecule has 1 aliphatic rings. The maximum atomic E-state index is 12.9. The predicted octanol–water partition coefficient (Wildman–Crippen LogP) is 7.26. The number of anilines is 2. The van der Waals surface area contributed by atoms with E-state index in [9.17, 15) is 14.7 Å². The summed E-state index contributed by atoms with van der Waals surface area (Å²) in [6.07, 6.45) is 1.71. The monoisotopic (exact) mass is 628 g/mol. The minimum atomic E-state index is -1.33. The van der Waals surface area contributed by atoms with Gasteiger partial charge < -0.3 is 23.6 Å². The molecular weight excluding hydrogens is 596 g/mol. The van der Waals surface area contributed by atoms with Crippen molar-refractivity contribution in [3.8, 4) is 22.9 Å². The van der Waals surface area contributed by atoms with Crippen LogP contribution in [0.25, 0.3) is 28.2 Å². The Bertz CT molecular complexity index is 2100. The Kier molecular flexibility index (Phi) is 8.62. The Hall–Kier alpha value is -6.08. The number of nitrogens with zero attached hydrogens (tertiary/aromatic N) is 4. The maximum Gasteiger partial charge on any atom is 0.346 e. The number of hydrogen-bond donors (Lipinski definition) is 1. The molecule has 47 heavy (non-hydrogen) atoms. The zero-order valence-corrected chi connectivity index (χ0v) is 26.1. The molecular formula is C37H32N4O6. The van der Waals surface area contributed by atoms with Crippen molar-refractivity contribution < 1.29 is 23.5 Å². The van der Waals surface area contributed by atoms with Gasteiger partial charge in [-0.05, 0) is 79.6 Å². The highest BCUT2D eigenvalue weighted by Crippen LogP contribution is 2.38. The minimum absolute atomic E-state index is 0.167. The van der Waals surface area contributed by atoms with Crippen LogP contribution in [-0.4, -0.2) is 37.0 Å². The van der Waals surface area contributed by atoms with Gasteiger partial charge in [-0.3, -0.25) is 5.01 Å². The quantitative estimate of drug-likeness (QED) is 0.0964. The topological polar surface area (TPSA) is 133 Å². The molecule has 10 nitrogen and oxygen atoms in total. The number of aliphatic carboxylic acids is 1. The van der Waals surface area contributed by atoms with Crippen LogP contribution in [0.1, 0.15) is 43.4 Å². The number of furan rings is 1. The molecule has 3 aromatic carbocycles. The second-order valence-electron chi connectivity index (χ2n) is 11.0. The second-order valence-corrected chi connectivity index (χ2v) is 11.0. The molecule has 10 heteroatoms. The van der Waals surface area contributed by atoms with Crippen LogP contribution < -0.4 is 20.3 Å². The number of carbonyl (C=O) groups is 1. The third-order valence-electron chi connectivity index (χ3n) is 8.25. The zero-order valence-electron chi connectivity index (χ0n) is 26.1. The molecule has 236 valence electrons. The molecule has 5 aromatic rings. The Balaban J connectivity index is 1.35. The Morgan fingerprint density at radius 2 is 1.79 bits per heavy atom. The molecule has 0 amide bonds. The van der Waals surface area contributed by atoms with E-state index < -0.39 is 17.2 Å². The highest BCUT2D eigenvalue weighted by molar-refractivity contribution is 6.02. The molecule has 0 radical (unpaired) electrons. The lowest BCUT2D eigenvalue weighted by Crippen LogP contribution is -2.22. The summed E-state index contributed by atoms with van der Waals surface area (Å²) in [6, 6.07) is 28.0. The molecule has 0 fully saturated rings. The molecule has 0 aliphatic carbocycles. The zero-order chi connectivity index (χ0) is 33.1. The molecule has 0 saturated heterocycles. The van der Waals surface area contributed by atoms with Gasteiger partial charge in [0.05, 0.1) is 24.4 Å². The molecule has 0 bridgehead atoms. The van der Waals surface area contributed by atoms with Gasteiger partial charge in [0.25, 0.3) is 0 Å². The smallest absolute Gasteiger partial charge is 0.346 e. The number of nitriles is 1. The predicted molar refractivity (Wildman–Crippen MR) is 181 cm³/mol. The third-order valence-corrected chi connectivity index (χ3v) is 8.25. The molecule has 0 spiro atoms. The fourth-order valence-electron chi connectivity index (χ4n) is 5.74. The Labute approximate surface area is 271 Å². The van der Waals surface area contributed by atoms with E-state index in [1.165, 1.54) is 6.08 Å². The van der Waals surface area contributed by atoms with E-state index in [1.807, 2.05) is 47.5 Å². The van der Waals surface area contributed by atoms with Gasteiger partial charge >= 0.3 is 11.6 Å². The van der Waals surface area contributed by atoms with Crippen molar-refractivity contribution in [2.75, 3.05) is 30.1 Å². The van der Waals surface area contributed by atoms with E-state index in [4.69, 9.17) is 23.9 Å². The standard InChI is InChI=1S/C37H32N4O6/c1-4-40(5-2)27-11-8-24(9-12-27)33-21-32(34-17-16-30(46-34)18-26(22-38)36(42)43)39-41(33)28-13-6-23(7-14-28)31-19-25-10-15-29(45-3)20-35(25)47-37(31)44/h6-20,33H,4-5,21H2,1-3H3,(H,42,43)/b26-18-. The number of fused-ring (bicyclic) bond motifs is 1. The van der Waals surface area contributed by atoms with Crippen LogP contribution in [0.5, 0.6) is 5.75 Å². The highest BCUT2D eigenvalue weighted by Gasteiger charge is 2.31. The molecule has 1 atom stereocenters. The first-order valence-electron chi connectivity index (χ1n) is 15.2. The van der Waals surface area contributed by atoms with E-state index in [0.29, 0.717) is 40.4 Å². The van der Waals surface area contributed by atoms with Crippen LogP contribution >= 0.6 is 0 Å². The summed E-state index contributed by atoms with van der Waals surface area (Å²) >= 11 is 0. The van der Waals surface area contributed by atoms with Gasteiger partial charge in [-0.25, -0.2) is 9.59 Å². The van der Waals surface area contributed by atoms with Crippen molar-refractivity contribution in [3.63, 3.8) is 0 Å². The number of hydrazone groups is 1. The summed E-state index contributed by atoms with van der Waals surface area (Å²) in [5.74, 6) is 0.00796. The number of rotatable bonds is 10. The van der Waals surface area contributed by atoms with Crippen LogP contribution in [0.3, 0.4) is 0 Å². The molecule has 1 N–H and O–H groups in total. The molecule has 1 aliphatic heterocycles. The summed E-state index contributed by atoms with van der Waals surface area (Å²) in [5.41, 5.74) is 4.40. The summed E-state index contributed by atoms with van der Waals surface area (Å²) in [4.78, 5) is 26.6. The van der Waals surface area contributed by atoms with Crippen molar-refractivity contribution in [1.29, 1.82) is 5.26 Å². The molecule has 2 aromatic heterocycles. The Morgan fingerprint density at radius 3 is 2.45 bits per heavy atom. The molecule has 1 unspecified atom stereocenters. The van der Waals surface area contributed by atoms with Gasteiger partial charge in [-0.1, -0.05) is 24.3 Å². The Morgan fingerprint density at radius 1 is 1.04 bits per heavy atom.